The first-order chi connectivity index (χ1) is 8.70. The molecule has 18 heavy (non-hydrogen) atoms. The number of nitrogen functional groups attached to an aromatic ring is 1. The average molecular weight is 259 g/mol. The highest BCUT2D eigenvalue weighted by Gasteiger charge is 2.02. The van der Waals surface area contributed by atoms with Gasteiger partial charge in [0.05, 0.1) is 10.2 Å². The van der Waals surface area contributed by atoms with Crippen LogP contribution in [0.15, 0.2) is 30.5 Å². The van der Waals surface area contributed by atoms with Gasteiger partial charge in [-0.1, -0.05) is 17.4 Å². The fourth-order valence-electron chi connectivity index (χ4n) is 1.80. The molecule has 6 heteroatoms. The standard InChI is InChI=1S/C12H13N5S/c1-17-5-4-11(16-17)14-7-8-2-3-9-10(6-8)18-12(13)15-9/h2-6H,7H2,1H3,(H2,13,15)(H,14,16). The second kappa shape index (κ2) is 4.30. The fourth-order valence-corrected chi connectivity index (χ4v) is 2.60. The summed E-state index contributed by atoms with van der Waals surface area (Å²) in [6.07, 6.45) is 1.91. The highest BCUT2D eigenvalue weighted by atomic mass is 32.1. The number of nitrogens with one attached hydrogen (secondary N) is 1. The van der Waals surface area contributed by atoms with Crippen LogP contribution in [0.25, 0.3) is 10.2 Å². The molecule has 0 saturated heterocycles. The maximum atomic E-state index is 5.69. The first-order valence-electron chi connectivity index (χ1n) is 5.59. The van der Waals surface area contributed by atoms with Crippen LogP contribution >= 0.6 is 11.3 Å². The van der Waals surface area contributed by atoms with Gasteiger partial charge in [0, 0.05) is 25.9 Å². The third-order valence-corrected chi connectivity index (χ3v) is 3.50. The van der Waals surface area contributed by atoms with E-state index in [2.05, 4.69) is 27.5 Å². The van der Waals surface area contributed by atoms with Gasteiger partial charge in [0.15, 0.2) is 5.13 Å². The minimum Gasteiger partial charge on any atom is -0.375 e. The molecule has 0 spiro atoms. The van der Waals surface area contributed by atoms with Crippen molar-refractivity contribution < 1.29 is 0 Å². The lowest BCUT2D eigenvalue weighted by Crippen LogP contribution is -2.00. The molecule has 0 saturated carbocycles. The van der Waals surface area contributed by atoms with E-state index in [0.717, 1.165) is 22.6 Å². The summed E-state index contributed by atoms with van der Waals surface area (Å²) in [4.78, 5) is 4.24. The quantitative estimate of drug-likeness (QED) is 0.756. The van der Waals surface area contributed by atoms with Crippen LogP contribution in [-0.2, 0) is 13.6 Å². The Balaban J connectivity index is 1.78. The topological polar surface area (TPSA) is 68.8 Å². The van der Waals surface area contributed by atoms with Crippen LogP contribution in [0, 0.1) is 0 Å². The molecule has 0 aliphatic heterocycles. The van der Waals surface area contributed by atoms with Crippen LogP contribution in [0.3, 0.4) is 0 Å². The number of anilines is 2. The van der Waals surface area contributed by atoms with Crippen LogP contribution in [0.1, 0.15) is 5.56 Å². The summed E-state index contributed by atoms with van der Waals surface area (Å²) in [6, 6.07) is 8.11. The molecule has 0 atom stereocenters. The van der Waals surface area contributed by atoms with Crippen molar-refractivity contribution in [2.24, 2.45) is 7.05 Å². The van der Waals surface area contributed by atoms with Crippen molar-refractivity contribution in [1.82, 2.24) is 14.8 Å². The third-order valence-electron chi connectivity index (χ3n) is 2.66. The molecule has 0 fully saturated rings. The zero-order chi connectivity index (χ0) is 12.5. The maximum Gasteiger partial charge on any atom is 0.181 e. The molecule has 0 radical (unpaired) electrons. The predicted molar refractivity (Wildman–Crippen MR) is 74.6 cm³/mol. The largest absolute Gasteiger partial charge is 0.375 e. The highest BCUT2D eigenvalue weighted by molar-refractivity contribution is 7.22. The highest BCUT2D eigenvalue weighted by Crippen LogP contribution is 2.24. The van der Waals surface area contributed by atoms with E-state index in [1.807, 2.05) is 25.4 Å². The van der Waals surface area contributed by atoms with Gasteiger partial charge in [0.2, 0.25) is 0 Å². The van der Waals surface area contributed by atoms with Crippen LogP contribution in [0.2, 0.25) is 0 Å². The summed E-state index contributed by atoms with van der Waals surface area (Å²) >= 11 is 1.51. The van der Waals surface area contributed by atoms with Crippen molar-refractivity contribution in [3.05, 3.63) is 36.0 Å². The Bertz CT molecular complexity index is 685. The molecule has 5 nitrogen and oxygen atoms in total. The van der Waals surface area contributed by atoms with Crippen molar-refractivity contribution in [2.45, 2.75) is 6.54 Å². The summed E-state index contributed by atoms with van der Waals surface area (Å²) in [5.41, 5.74) is 7.84. The second-order valence-corrected chi connectivity index (χ2v) is 5.14. The van der Waals surface area contributed by atoms with E-state index in [9.17, 15) is 0 Å². The Hall–Kier alpha value is -2.08. The van der Waals surface area contributed by atoms with Gasteiger partial charge < -0.3 is 11.1 Å². The average Bonchev–Trinajstić information content (AvgIpc) is 2.90. The first kappa shape index (κ1) is 11.0. The Morgan fingerprint density at radius 1 is 1.39 bits per heavy atom. The second-order valence-electron chi connectivity index (χ2n) is 4.08. The molecule has 3 N–H and O–H groups in total. The molecule has 0 unspecified atom stereocenters. The van der Waals surface area contributed by atoms with Crippen LogP contribution in [0.5, 0.6) is 0 Å². The smallest absolute Gasteiger partial charge is 0.181 e. The molecule has 2 aromatic heterocycles. The molecule has 0 aliphatic carbocycles. The van der Waals surface area contributed by atoms with E-state index in [0.29, 0.717) is 5.13 Å². The molecular formula is C12H13N5S. The summed E-state index contributed by atoms with van der Waals surface area (Å²) in [7, 11) is 1.90. The summed E-state index contributed by atoms with van der Waals surface area (Å²) in [5.74, 6) is 0.876. The van der Waals surface area contributed by atoms with E-state index >= 15 is 0 Å². The molecular weight excluding hydrogens is 246 g/mol. The lowest BCUT2D eigenvalue weighted by molar-refractivity contribution is 0.768. The summed E-state index contributed by atoms with van der Waals surface area (Å²) in [5, 5.41) is 8.15. The zero-order valence-electron chi connectivity index (χ0n) is 9.92. The lowest BCUT2D eigenvalue weighted by atomic mass is 10.2. The molecule has 0 aliphatic rings. The van der Waals surface area contributed by atoms with E-state index < -0.39 is 0 Å². The number of rotatable bonds is 3. The van der Waals surface area contributed by atoms with Gasteiger partial charge in [-0.05, 0) is 17.7 Å². The van der Waals surface area contributed by atoms with Crippen LogP contribution in [-0.4, -0.2) is 14.8 Å². The van der Waals surface area contributed by atoms with Gasteiger partial charge in [-0.3, -0.25) is 4.68 Å². The van der Waals surface area contributed by atoms with E-state index in [4.69, 9.17) is 5.73 Å². The van der Waals surface area contributed by atoms with Gasteiger partial charge in [-0.25, -0.2) is 4.98 Å². The molecule has 3 rings (SSSR count). The monoisotopic (exact) mass is 259 g/mol. The zero-order valence-corrected chi connectivity index (χ0v) is 10.7. The summed E-state index contributed by atoms with van der Waals surface area (Å²) in [6.45, 7) is 0.741. The van der Waals surface area contributed by atoms with Crippen LogP contribution < -0.4 is 11.1 Å². The van der Waals surface area contributed by atoms with Gasteiger partial charge in [0.1, 0.15) is 5.82 Å². The number of thiazole rings is 1. The number of aromatic nitrogens is 3. The molecule has 0 bridgehead atoms. The number of hydrogen-bond acceptors (Lipinski definition) is 5. The van der Waals surface area contributed by atoms with Gasteiger partial charge >= 0.3 is 0 Å². The minimum absolute atomic E-state index is 0.611. The predicted octanol–water partition coefficient (Wildman–Crippen LogP) is 2.22. The fraction of sp³-hybridized carbons (Fsp3) is 0.167. The number of hydrogen-bond donors (Lipinski definition) is 2. The van der Waals surface area contributed by atoms with Gasteiger partial charge in [0.25, 0.3) is 0 Å². The molecule has 1 aromatic carbocycles. The SMILES string of the molecule is Cn1ccc(NCc2ccc3nc(N)sc3c2)n1. The Labute approximate surface area is 108 Å². The molecule has 3 aromatic rings. The molecule has 92 valence electrons. The van der Waals surface area contributed by atoms with E-state index in [1.54, 1.807) is 4.68 Å². The van der Waals surface area contributed by atoms with Gasteiger partial charge in [-0.2, -0.15) is 5.10 Å². The van der Waals surface area contributed by atoms with Crippen molar-refractivity contribution in [3.63, 3.8) is 0 Å². The van der Waals surface area contributed by atoms with Crippen molar-refractivity contribution in [1.29, 1.82) is 0 Å². The lowest BCUT2D eigenvalue weighted by Gasteiger charge is -2.02. The van der Waals surface area contributed by atoms with Crippen molar-refractivity contribution >= 4 is 32.5 Å². The molecule has 0 amide bonds. The number of nitrogens with two attached hydrogens (primary N) is 1. The first-order valence-corrected chi connectivity index (χ1v) is 6.41. The number of fused-ring (bicyclic) bond motifs is 1. The number of benzene rings is 1. The van der Waals surface area contributed by atoms with Crippen LogP contribution in [0.4, 0.5) is 10.9 Å². The number of aryl methyl sites for hydroxylation is 1. The van der Waals surface area contributed by atoms with E-state index in [1.165, 1.54) is 16.9 Å². The minimum atomic E-state index is 0.611. The Morgan fingerprint density at radius 2 is 2.28 bits per heavy atom. The maximum absolute atomic E-state index is 5.69. The Morgan fingerprint density at radius 3 is 3.06 bits per heavy atom. The third kappa shape index (κ3) is 2.14. The van der Waals surface area contributed by atoms with Crippen molar-refractivity contribution in [3.8, 4) is 0 Å². The van der Waals surface area contributed by atoms with E-state index in [-0.39, 0.29) is 0 Å². The number of nitrogens with zero attached hydrogens (tertiary/aromatic N) is 3. The Kier molecular flexibility index (Phi) is 2.64. The summed E-state index contributed by atoms with van der Waals surface area (Å²) < 4.78 is 2.89. The molecule has 2 heterocycles. The normalized spacial score (nSPS) is 10.9. The van der Waals surface area contributed by atoms with Crippen molar-refractivity contribution in [2.75, 3.05) is 11.1 Å². The van der Waals surface area contributed by atoms with Gasteiger partial charge in [-0.15, -0.1) is 0 Å².